The maximum atomic E-state index is 13.7. The van der Waals surface area contributed by atoms with Crippen molar-refractivity contribution < 1.29 is 14.6 Å². The van der Waals surface area contributed by atoms with Gasteiger partial charge in [0.05, 0.1) is 12.5 Å². The Labute approximate surface area is 173 Å². The number of carboxylic acids is 1. The van der Waals surface area contributed by atoms with Crippen LogP contribution in [-0.2, 0) is 10.3 Å². The highest BCUT2D eigenvalue weighted by Gasteiger charge is 2.35. The second-order valence-corrected chi connectivity index (χ2v) is 9.23. The molecular weight excluding hydrogens is 388 g/mol. The number of ether oxygens (including phenoxy) is 1. The molecule has 0 unspecified atom stereocenters. The molecule has 0 bridgehead atoms. The molecule has 2 aromatic heterocycles. The van der Waals surface area contributed by atoms with Gasteiger partial charge in [0.15, 0.2) is 0 Å². The summed E-state index contributed by atoms with van der Waals surface area (Å²) in [6.45, 7) is 10.8. The number of rotatable bonds is 5. The van der Waals surface area contributed by atoms with E-state index < -0.39 is 11.5 Å². The van der Waals surface area contributed by atoms with E-state index in [4.69, 9.17) is 9.72 Å². The zero-order valence-electron chi connectivity index (χ0n) is 17.8. The van der Waals surface area contributed by atoms with Crippen molar-refractivity contribution in [1.29, 1.82) is 0 Å². The summed E-state index contributed by atoms with van der Waals surface area (Å²) in [7, 11) is 1.62. The highest BCUT2D eigenvalue weighted by Crippen LogP contribution is 2.38. The van der Waals surface area contributed by atoms with Gasteiger partial charge < -0.3 is 9.84 Å². The summed E-state index contributed by atoms with van der Waals surface area (Å²) in [6, 6.07) is 5.78. The number of methoxy groups -OCH3 is 1. The monoisotopic (exact) mass is 414 g/mol. The van der Waals surface area contributed by atoms with Crippen molar-refractivity contribution in [3.8, 4) is 16.9 Å². The summed E-state index contributed by atoms with van der Waals surface area (Å²) < 4.78 is 6.69. The van der Waals surface area contributed by atoms with Crippen LogP contribution >= 0.6 is 11.3 Å². The number of fused-ring (bicyclic) bond motifs is 1. The van der Waals surface area contributed by atoms with Crippen LogP contribution in [0.15, 0.2) is 23.0 Å². The third-order valence-corrected chi connectivity index (χ3v) is 6.21. The Bertz CT molecular complexity index is 1170. The molecule has 2 heterocycles. The number of aromatic nitrogens is 2. The van der Waals surface area contributed by atoms with Gasteiger partial charge in [-0.15, -0.1) is 11.3 Å². The van der Waals surface area contributed by atoms with Crippen molar-refractivity contribution in [2.24, 2.45) is 0 Å². The lowest BCUT2D eigenvalue weighted by Crippen LogP contribution is -2.45. The normalized spacial score (nSPS) is 12.0. The summed E-state index contributed by atoms with van der Waals surface area (Å²) in [5.74, 6) is 0.0837. The number of nitrogens with zero attached hydrogens (tertiary/aromatic N) is 2. The van der Waals surface area contributed by atoms with Crippen LogP contribution in [0.4, 0.5) is 0 Å². The van der Waals surface area contributed by atoms with Crippen LogP contribution in [0.5, 0.6) is 5.75 Å². The molecule has 0 radical (unpaired) electrons. The SMILES string of the molecule is COc1ccc(-c2c(C)sc3nc(C(C)C)n(C(C)(C)C(=O)O)c(=O)c23)cc1C. The van der Waals surface area contributed by atoms with Crippen LogP contribution < -0.4 is 10.3 Å². The van der Waals surface area contributed by atoms with E-state index in [1.165, 1.54) is 29.8 Å². The quantitative estimate of drug-likeness (QED) is 0.655. The predicted octanol–water partition coefficient (Wildman–Crippen LogP) is 4.69. The van der Waals surface area contributed by atoms with E-state index >= 15 is 0 Å². The Morgan fingerprint density at radius 2 is 1.93 bits per heavy atom. The van der Waals surface area contributed by atoms with E-state index in [9.17, 15) is 14.7 Å². The number of benzene rings is 1. The lowest BCUT2D eigenvalue weighted by Gasteiger charge is -2.27. The Hall–Kier alpha value is -2.67. The molecule has 0 aliphatic carbocycles. The van der Waals surface area contributed by atoms with E-state index in [1.807, 2.05) is 45.9 Å². The fourth-order valence-corrected chi connectivity index (χ4v) is 4.62. The van der Waals surface area contributed by atoms with Crippen molar-refractivity contribution >= 4 is 27.5 Å². The molecule has 6 nitrogen and oxygen atoms in total. The molecule has 0 amide bonds. The first-order valence-electron chi connectivity index (χ1n) is 9.45. The molecule has 3 aromatic rings. The van der Waals surface area contributed by atoms with E-state index in [0.717, 1.165) is 27.3 Å². The average molecular weight is 415 g/mol. The van der Waals surface area contributed by atoms with Gasteiger partial charge in [-0.25, -0.2) is 9.78 Å². The van der Waals surface area contributed by atoms with Gasteiger partial charge in [-0.3, -0.25) is 9.36 Å². The van der Waals surface area contributed by atoms with Crippen LogP contribution in [0.3, 0.4) is 0 Å². The molecule has 0 aliphatic heterocycles. The first kappa shape index (κ1) is 21.0. The summed E-state index contributed by atoms with van der Waals surface area (Å²) in [5, 5.41) is 10.3. The second kappa shape index (κ2) is 7.30. The maximum Gasteiger partial charge on any atom is 0.329 e. The zero-order valence-corrected chi connectivity index (χ0v) is 18.6. The van der Waals surface area contributed by atoms with E-state index in [1.54, 1.807) is 7.11 Å². The molecule has 154 valence electrons. The Morgan fingerprint density at radius 1 is 1.28 bits per heavy atom. The van der Waals surface area contributed by atoms with E-state index in [-0.39, 0.29) is 11.5 Å². The summed E-state index contributed by atoms with van der Waals surface area (Å²) >= 11 is 1.46. The first-order chi connectivity index (χ1) is 13.5. The minimum atomic E-state index is -1.42. The number of aryl methyl sites for hydroxylation is 2. The van der Waals surface area contributed by atoms with Crippen LogP contribution in [-0.4, -0.2) is 27.7 Å². The smallest absolute Gasteiger partial charge is 0.329 e. The number of hydrogen-bond donors (Lipinski definition) is 1. The first-order valence-corrected chi connectivity index (χ1v) is 10.3. The largest absolute Gasteiger partial charge is 0.496 e. The van der Waals surface area contributed by atoms with Crippen molar-refractivity contribution in [3.63, 3.8) is 0 Å². The van der Waals surface area contributed by atoms with Crippen LogP contribution in [0.1, 0.15) is 49.9 Å². The highest BCUT2D eigenvalue weighted by atomic mass is 32.1. The Kier molecular flexibility index (Phi) is 5.30. The minimum absolute atomic E-state index is 0.0974. The molecule has 0 fully saturated rings. The average Bonchev–Trinajstić information content (AvgIpc) is 2.97. The summed E-state index contributed by atoms with van der Waals surface area (Å²) in [4.78, 5) is 32.0. The van der Waals surface area contributed by atoms with Crippen molar-refractivity contribution in [2.45, 2.75) is 53.0 Å². The van der Waals surface area contributed by atoms with Gasteiger partial charge in [0.2, 0.25) is 0 Å². The van der Waals surface area contributed by atoms with Gasteiger partial charge in [0, 0.05) is 16.4 Å². The topological polar surface area (TPSA) is 81.4 Å². The highest BCUT2D eigenvalue weighted by molar-refractivity contribution is 7.19. The molecule has 3 rings (SSSR count). The lowest BCUT2D eigenvalue weighted by atomic mass is 9.99. The zero-order chi connectivity index (χ0) is 21.7. The minimum Gasteiger partial charge on any atom is -0.496 e. The molecule has 1 N–H and O–H groups in total. The predicted molar refractivity (Wildman–Crippen MR) is 116 cm³/mol. The number of carbonyl (C=O) groups is 1. The van der Waals surface area contributed by atoms with Crippen LogP contribution in [0.2, 0.25) is 0 Å². The fraction of sp³-hybridized carbons (Fsp3) is 0.409. The van der Waals surface area contributed by atoms with Crippen molar-refractivity contribution in [1.82, 2.24) is 9.55 Å². The Morgan fingerprint density at radius 3 is 2.45 bits per heavy atom. The molecule has 1 aromatic carbocycles. The summed E-state index contributed by atoms with van der Waals surface area (Å²) in [6.07, 6.45) is 0. The van der Waals surface area contributed by atoms with Gasteiger partial charge in [-0.2, -0.15) is 0 Å². The lowest BCUT2D eigenvalue weighted by molar-refractivity contribution is -0.146. The third kappa shape index (κ3) is 3.33. The van der Waals surface area contributed by atoms with Crippen molar-refractivity contribution in [3.05, 3.63) is 44.8 Å². The fourth-order valence-electron chi connectivity index (χ4n) is 3.58. The molecule has 0 saturated carbocycles. The molecule has 7 heteroatoms. The number of hydrogen-bond acceptors (Lipinski definition) is 5. The van der Waals surface area contributed by atoms with Crippen molar-refractivity contribution in [2.75, 3.05) is 7.11 Å². The van der Waals surface area contributed by atoms with Gasteiger partial charge in [0.1, 0.15) is 21.9 Å². The number of thiophene rings is 1. The molecule has 0 atom stereocenters. The number of aliphatic carboxylic acids is 1. The summed E-state index contributed by atoms with van der Waals surface area (Å²) in [5.41, 5.74) is 0.919. The van der Waals surface area contributed by atoms with Gasteiger partial charge >= 0.3 is 5.97 Å². The molecule has 0 saturated heterocycles. The molecule has 0 aliphatic rings. The third-order valence-electron chi connectivity index (χ3n) is 5.21. The van der Waals surface area contributed by atoms with Crippen LogP contribution in [0, 0.1) is 13.8 Å². The number of carboxylic acid groups (broad SMARTS) is 1. The van der Waals surface area contributed by atoms with Gasteiger partial charge in [-0.1, -0.05) is 19.9 Å². The molecule has 29 heavy (non-hydrogen) atoms. The van der Waals surface area contributed by atoms with Crippen LogP contribution in [0.25, 0.3) is 21.3 Å². The van der Waals surface area contributed by atoms with Gasteiger partial charge in [-0.05, 0) is 51.0 Å². The van der Waals surface area contributed by atoms with E-state index in [0.29, 0.717) is 16.0 Å². The molecule has 0 spiro atoms. The van der Waals surface area contributed by atoms with E-state index in [2.05, 4.69) is 0 Å². The Balaban J connectivity index is 2.44. The second-order valence-electron chi connectivity index (χ2n) is 8.03. The van der Waals surface area contributed by atoms with Gasteiger partial charge in [0.25, 0.3) is 5.56 Å². The molecular formula is C22H26N2O4S. The standard InChI is InChI=1S/C22H26N2O4S/c1-11(2)18-23-19-17(20(25)24(18)22(5,6)21(26)27)16(13(4)29-19)14-8-9-15(28-7)12(3)10-14/h8-11H,1-7H3,(H,26,27). The maximum absolute atomic E-state index is 13.7.